The summed E-state index contributed by atoms with van der Waals surface area (Å²) in [5, 5.41) is 0. The van der Waals surface area contributed by atoms with E-state index in [1.807, 2.05) is 6.92 Å². The Labute approximate surface area is 122 Å². The van der Waals surface area contributed by atoms with E-state index in [4.69, 9.17) is 5.73 Å². The van der Waals surface area contributed by atoms with E-state index in [1.54, 1.807) is 23.9 Å². The predicted molar refractivity (Wildman–Crippen MR) is 80.1 cm³/mol. The molecule has 20 heavy (non-hydrogen) atoms. The SMILES string of the molecule is CCCN(CC(=O)N(C)C)C(=O)C1CCCC(CN)C1. The normalized spacial score (nSPS) is 22.4. The predicted octanol–water partition coefficient (Wildman–Crippen LogP) is 1.08. The molecule has 1 fully saturated rings. The van der Waals surface area contributed by atoms with Gasteiger partial charge in [-0.1, -0.05) is 13.3 Å². The van der Waals surface area contributed by atoms with Crippen LogP contribution in [0.15, 0.2) is 0 Å². The molecule has 0 aromatic heterocycles. The highest BCUT2D eigenvalue weighted by atomic mass is 16.2. The summed E-state index contributed by atoms with van der Waals surface area (Å²) in [7, 11) is 3.45. The number of carbonyl (C=O) groups is 2. The molecule has 5 heteroatoms. The monoisotopic (exact) mass is 283 g/mol. The second kappa shape index (κ2) is 8.25. The zero-order chi connectivity index (χ0) is 15.1. The minimum Gasteiger partial charge on any atom is -0.347 e. The standard InChI is InChI=1S/C15H29N3O2/c1-4-8-18(11-14(19)17(2)3)15(20)13-7-5-6-12(9-13)10-16/h12-13H,4-11,16H2,1-3H3. The molecule has 0 bridgehead atoms. The van der Waals surface area contributed by atoms with Gasteiger partial charge in [-0.3, -0.25) is 9.59 Å². The van der Waals surface area contributed by atoms with Gasteiger partial charge in [0.2, 0.25) is 11.8 Å². The highest BCUT2D eigenvalue weighted by Crippen LogP contribution is 2.29. The van der Waals surface area contributed by atoms with Gasteiger partial charge in [-0.15, -0.1) is 0 Å². The first-order valence-electron chi connectivity index (χ1n) is 7.68. The second-order valence-corrected chi connectivity index (χ2v) is 6.01. The fourth-order valence-electron chi connectivity index (χ4n) is 2.83. The van der Waals surface area contributed by atoms with Crippen LogP contribution < -0.4 is 5.73 Å². The zero-order valence-electron chi connectivity index (χ0n) is 13.1. The Balaban J connectivity index is 2.65. The summed E-state index contributed by atoms with van der Waals surface area (Å²) in [6.07, 6.45) is 4.89. The fraction of sp³-hybridized carbons (Fsp3) is 0.867. The summed E-state index contributed by atoms with van der Waals surface area (Å²) >= 11 is 0. The summed E-state index contributed by atoms with van der Waals surface area (Å²) in [5.41, 5.74) is 5.74. The van der Waals surface area contributed by atoms with Crippen LogP contribution in [0.2, 0.25) is 0 Å². The van der Waals surface area contributed by atoms with Gasteiger partial charge in [0.15, 0.2) is 0 Å². The molecule has 0 aromatic rings. The van der Waals surface area contributed by atoms with E-state index in [9.17, 15) is 9.59 Å². The van der Waals surface area contributed by atoms with E-state index in [0.717, 1.165) is 32.1 Å². The minimum absolute atomic E-state index is 0.0158. The van der Waals surface area contributed by atoms with Crippen molar-refractivity contribution >= 4 is 11.8 Å². The van der Waals surface area contributed by atoms with Crippen LogP contribution in [0.5, 0.6) is 0 Å². The average molecular weight is 283 g/mol. The van der Waals surface area contributed by atoms with Crippen LogP contribution in [0.4, 0.5) is 0 Å². The van der Waals surface area contributed by atoms with E-state index in [1.165, 1.54) is 0 Å². The lowest BCUT2D eigenvalue weighted by atomic mass is 9.80. The lowest BCUT2D eigenvalue weighted by Crippen LogP contribution is -2.44. The van der Waals surface area contributed by atoms with Gasteiger partial charge in [-0.05, 0) is 38.1 Å². The lowest BCUT2D eigenvalue weighted by Gasteiger charge is -2.32. The van der Waals surface area contributed by atoms with E-state index >= 15 is 0 Å². The van der Waals surface area contributed by atoms with Gasteiger partial charge in [0, 0.05) is 26.6 Å². The van der Waals surface area contributed by atoms with Gasteiger partial charge in [0.25, 0.3) is 0 Å². The number of rotatable bonds is 6. The molecule has 0 radical (unpaired) electrons. The van der Waals surface area contributed by atoms with Gasteiger partial charge in [-0.2, -0.15) is 0 Å². The van der Waals surface area contributed by atoms with E-state index in [2.05, 4.69) is 0 Å². The van der Waals surface area contributed by atoms with Crippen LogP contribution in [-0.4, -0.2) is 55.3 Å². The topological polar surface area (TPSA) is 66.6 Å². The summed E-state index contributed by atoms with van der Waals surface area (Å²) in [4.78, 5) is 27.7. The molecule has 0 aliphatic heterocycles. The average Bonchev–Trinajstić information content (AvgIpc) is 2.45. The fourth-order valence-corrected chi connectivity index (χ4v) is 2.83. The van der Waals surface area contributed by atoms with Gasteiger partial charge >= 0.3 is 0 Å². The molecule has 0 heterocycles. The molecular weight excluding hydrogens is 254 g/mol. The maximum Gasteiger partial charge on any atom is 0.241 e. The van der Waals surface area contributed by atoms with Crippen molar-refractivity contribution in [3.8, 4) is 0 Å². The van der Waals surface area contributed by atoms with Gasteiger partial charge in [-0.25, -0.2) is 0 Å². The van der Waals surface area contributed by atoms with Crippen molar-refractivity contribution in [3.63, 3.8) is 0 Å². The smallest absolute Gasteiger partial charge is 0.241 e. The molecule has 1 rings (SSSR count). The highest BCUT2D eigenvalue weighted by molar-refractivity contribution is 5.85. The molecule has 5 nitrogen and oxygen atoms in total. The first-order chi connectivity index (χ1) is 9.49. The third-order valence-electron chi connectivity index (χ3n) is 4.10. The number of carbonyl (C=O) groups excluding carboxylic acids is 2. The van der Waals surface area contributed by atoms with Crippen LogP contribution in [-0.2, 0) is 9.59 Å². The maximum atomic E-state index is 12.6. The van der Waals surface area contributed by atoms with Crippen LogP contribution in [0.3, 0.4) is 0 Å². The van der Waals surface area contributed by atoms with Crippen molar-refractivity contribution in [2.45, 2.75) is 39.0 Å². The molecule has 116 valence electrons. The first kappa shape index (κ1) is 17.0. The van der Waals surface area contributed by atoms with E-state index in [0.29, 0.717) is 19.0 Å². The third kappa shape index (κ3) is 4.78. The third-order valence-corrected chi connectivity index (χ3v) is 4.10. The Morgan fingerprint density at radius 2 is 1.95 bits per heavy atom. The van der Waals surface area contributed by atoms with Crippen molar-refractivity contribution in [1.29, 1.82) is 0 Å². The molecule has 2 N–H and O–H groups in total. The van der Waals surface area contributed by atoms with Crippen molar-refractivity contribution < 1.29 is 9.59 Å². The minimum atomic E-state index is -0.0158. The van der Waals surface area contributed by atoms with Gasteiger partial charge in [0.05, 0.1) is 6.54 Å². The molecule has 2 unspecified atom stereocenters. The number of nitrogens with zero attached hydrogens (tertiary/aromatic N) is 2. The van der Waals surface area contributed by atoms with Crippen LogP contribution in [0, 0.1) is 11.8 Å². The number of hydrogen-bond donors (Lipinski definition) is 1. The Morgan fingerprint density at radius 1 is 1.25 bits per heavy atom. The summed E-state index contributed by atoms with van der Waals surface area (Å²) in [6.45, 7) is 3.55. The molecule has 0 aromatic carbocycles. The number of amides is 2. The molecule has 0 spiro atoms. The Bertz CT molecular complexity index is 331. The molecule has 1 saturated carbocycles. The van der Waals surface area contributed by atoms with Crippen molar-refractivity contribution in [3.05, 3.63) is 0 Å². The molecule has 0 saturated heterocycles. The Kier molecular flexibility index (Phi) is 6.99. The first-order valence-corrected chi connectivity index (χ1v) is 7.68. The Morgan fingerprint density at radius 3 is 2.50 bits per heavy atom. The zero-order valence-corrected chi connectivity index (χ0v) is 13.1. The van der Waals surface area contributed by atoms with E-state index in [-0.39, 0.29) is 24.3 Å². The number of nitrogens with two attached hydrogens (primary N) is 1. The van der Waals surface area contributed by atoms with Crippen LogP contribution in [0.25, 0.3) is 0 Å². The number of hydrogen-bond acceptors (Lipinski definition) is 3. The summed E-state index contributed by atoms with van der Waals surface area (Å²) in [5.74, 6) is 0.641. The van der Waals surface area contributed by atoms with Crippen molar-refractivity contribution in [2.24, 2.45) is 17.6 Å². The molecule has 1 aliphatic rings. The van der Waals surface area contributed by atoms with Crippen LogP contribution in [0.1, 0.15) is 39.0 Å². The largest absolute Gasteiger partial charge is 0.347 e. The maximum absolute atomic E-state index is 12.6. The molecule has 2 atom stereocenters. The lowest BCUT2D eigenvalue weighted by molar-refractivity contribution is -0.143. The molecular formula is C15H29N3O2. The molecule has 2 amide bonds. The van der Waals surface area contributed by atoms with E-state index < -0.39 is 0 Å². The van der Waals surface area contributed by atoms with Gasteiger partial charge in [0.1, 0.15) is 0 Å². The van der Waals surface area contributed by atoms with Gasteiger partial charge < -0.3 is 15.5 Å². The van der Waals surface area contributed by atoms with Crippen molar-refractivity contribution in [1.82, 2.24) is 9.80 Å². The second-order valence-electron chi connectivity index (χ2n) is 6.01. The van der Waals surface area contributed by atoms with Crippen LogP contribution >= 0.6 is 0 Å². The highest BCUT2D eigenvalue weighted by Gasteiger charge is 2.30. The summed E-state index contributed by atoms with van der Waals surface area (Å²) < 4.78 is 0. The van der Waals surface area contributed by atoms with Crippen molar-refractivity contribution in [2.75, 3.05) is 33.7 Å². The Hall–Kier alpha value is -1.10. The number of likely N-dealkylation sites (N-methyl/N-ethyl adjacent to an activating group) is 1. The summed E-state index contributed by atoms with van der Waals surface area (Å²) in [6, 6.07) is 0. The molecule has 1 aliphatic carbocycles. The quantitative estimate of drug-likeness (QED) is 0.793.